The third-order valence-electron chi connectivity index (χ3n) is 5.50. The lowest BCUT2D eigenvalue weighted by Gasteiger charge is -2.27. The van der Waals surface area contributed by atoms with Gasteiger partial charge in [0, 0.05) is 6.54 Å². The lowest BCUT2D eigenvalue weighted by Crippen LogP contribution is -2.33. The average Bonchev–Trinajstić information content (AvgIpc) is 3.45. The second-order valence-electron chi connectivity index (χ2n) is 7.32. The van der Waals surface area contributed by atoms with Crippen LogP contribution in [0.5, 0.6) is 11.5 Å². The molecule has 4 rings (SSSR count). The number of ether oxygens (including phenoxy) is 2. The molecule has 7 heteroatoms. The molecule has 6 nitrogen and oxygen atoms in total. The number of ketones is 1. The maximum atomic E-state index is 13.3. The number of carbonyl (C=O) groups excluding carboxylic acids is 2. The Labute approximate surface area is 190 Å². The van der Waals surface area contributed by atoms with Crippen LogP contribution >= 0.6 is 11.3 Å². The van der Waals surface area contributed by atoms with E-state index in [4.69, 9.17) is 9.47 Å². The molecule has 1 aliphatic rings. The van der Waals surface area contributed by atoms with Gasteiger partial charge in [-0.25, -0.2) is 0 Å². The third kappa shape index (κ3) is 3.99. The highest BCUT2D eigenvalue weighted by Crippen LogP contribution is 2.42. The normalized spacial score (nSPS) is 15.9. The number of hydrogen-bond acceptors (Lipinski definition) is 6. The zero-order valence-corrected chi connectivity index (χ0v) is 18.6. The summed E-state index contributed by atoms with van der Waals surface area (Å²) in [4.78, 5) is 28.4. The van der Waals surface area contributed by atoms with Gasteiger partial charge in [0.05, 0.1) is 30.7 Å². The van der Waals surface area contributed by atoms with Crippen molar-refractivity contribution in [2.24, 2.45) is 0 Å². The van der Waals surface area contributed by atoms with Crippen LogP contribution in [0.1, 0.15) is 26.8 Å². The summed E-state index contributed by atoms with van der Waals surface area (Å²) in [7, 11) is 3.07. The lowest BCUT2D eigenvalue weighted by molar-refractivity contribution is -0.129. The summed E-state index contributed by atoms with van der Waals surface area (Å²) >= 11 is 1.27. The second-order valence-corrected chi connectivity index (χ2v) is 8.27. The van der Waals surface area contributed by atoms with Crippen LogP contribution in [0.3, 0.4) is 0 Å². The molecular weight excluding hydrogens is 426 g/mol. The Morgan fingerprint density at radius 2 is 1.78 bits per heavy atom. The number of thiophene rings is 1. The molecule has 2 heterocycles. The molecule has 0 bridgehead atoms. The molecular formula is C25H23NO5S. The van der Waals surface area contributed by atoms with Crippen molar-refractivity contribution in [1.82, 2.24) is 4.90 Å². The molecule has 1 atom stereocenters. The summed E-state index contributed by atoms with van der Waals surface area (Å²) in [6.07, 6.45) is 0.587. The van der Waals surface area contributed by atoms with Crippen molar-refractivity contribution in [3.63, 3.8) is 0 Å². The smallest absolute Gasteiger partial charge is 0.290 e. The first-order valence-electron chi connectivity index (χ1n) is 10.1. The molecule has 1 aliphatic heterocycles. The van der Waals surface area contributed by atoms with Gasteiger partial charge >= 0.3 is 0 Å². The van der Waals surface area contributed by atoms with Crippen LogP contribution in [-0.2, 0) is 11.2 Å². The number of aliphatic hydroxyl groups is 1. The number of rotatable bonds is 8. The summed E-state index contributed by atoms with van der Waals surface area (Å²) in [6.45, 7) is 0.340. The van der Waals surface area contributed by atoms with Crippen molar-refractivity contribution in [2.45, 2.75) is 12.5 Å². The van der Waals surface area contributed by atoms with Crippen LogP contribution in [0, 0.1) is 0 Å². The van der Waals surface area contributed by atoms with E-state index in [9.17, 15) is 14.7 Å². The summed E-state index contributed by atoms with van der Waals surface area (Å²) in [5.74, 6) is -0.393. The van der Waals surface area contributed by atoms with E-state index >= 15 is 0 Å². The molecule has 0 spiro atoms. The number of amides is 1. The Kier molecular flexibility index (Phi) is 6.28. The standard InChI is InChI=1S/C25H23NO5S/c1-30-18-11-10-17(15-19(18)31-2)22-21(23(27)20-9-6-14-32-20)24(28)25(29)26(22)13-12-16-7-4-3-5-8-16/h3-11,14-15,22,28H,12-13H2,1-2H3. The summed E-state index contributed by atoms with van der Waals surface area (Å²) < 4.78 is 10.8. The van der Waals surface area contributed by atoms with Crippen molar-refractivity contribution in [3.05, 3.63) is 93.4 Å². The van der Waals surface area contributed by atoms with Crippen molar-refractivity contribution >= 4 is 23.0 Å². The van der Waals surface area contributed by atoms with Crippen LogP contribution in [-0.4, -0.2) is 42.5 Å². The minimum Gasteiger partial charge on any atom is -0.503 e. The highest BCUT2D eigenvalue weighted by Gasteiger charge is 2.44. The Balaban J connectivity index is 1.76. The minimum absolute atomic E-state index is 0.0812. The number of hydrogen-bond donors (Lipinski definition) is 1. The maximum absolute atomic E-state index is 13.3. The monoisotopic (exact) mass is 449 g/mol. The predicted molar refractivity (Wildman–Crippen MR) is 122 cm³/mol. The Morgan fingerprint density at radius 3 is 2.44 bits per heavy atom. The van der Waals surface area contributed by atoms with Crippen molar-refractivity contribution in [1.29, 1.82) is 0 Å². The molecule has 1 aromatic heterocycles. The molecule has 3 aromatic rings. The van der Waals surface area contributed by atoms with Crippen molar-refractivity contribution in [2.75, 3.05) is 20.8 Å². The number of Topliss-reactive ketones (excluding diaryl/α,β-unsaturated/α-hetero) is 1. The van der Waals surface area contributed by atoms with Gasteiger partial charge in [0.1, 0.15) is 0 Å². The highest BCUT2D eigenvalue weighted by molar-refractivity contribution is 7.12. The fourth-order valence-electron chi connectivity index (χ4n) is 3.92. The Morgan fingerprint density at radius 1 is 1.03 bits per heavy atom. The van der Waals surface area contributed by atoms with E-state index in [1.165, 1.54) is 18.4 Å². The first-order chi connectivity index (χ1) is 15.5. The van der Waals surface area contributed by atoms with E-state index in [0.717, 1.165) is 5.56 Å². The number of methoxy groups -OCH3 is 2. The largest absolute Gasteiger partial charge is 0.503 e. The first-order valence-corrected chi connectivity index (χ1v) is 11.0. The fourth-order valence-corrected chi connectivity index (χ4v) is 4.60. The molecule has 1 N–H and O–H groups in total. The molecule has 32 heavy (non-hydrogen) atoms. The Bertz CT molecular complexity index is 1150. The summed E-state index contributed by atoms with van der Waals surface area (Å²) in [5, 5.41) is 12.6. The molecule has 2 aromatic carbocycles. The van der Waals surface area contributed by atoms with E-state index in [0.29, 0.717) is 34.9 Å². The van der Waals surface area contributed by atoms with E-state index in [1.807, 2.05) is 30.3 Å². The van der Waals surface area contributed by atoms with Crippen molar-refractivity contribution < 1.29 is 24.2 Å². The highest BCUT2D eigenvalue weighted by atomic mass is 32.1. The fraction of sp³-hybridized carbons (Fsp3) is 0.200. The molecule has 1 amide bonds. The maximum Gasteiger partial charge on any atom is 0.290 e. The molecule has 0 saturated heterocycles. The van der Waals surface area contributed by atoms with E-state index < -0.39 is 17.7 Å². The lowest BCUT2D eigenvalue weighted by atomic mass is 9.95. The van der Waals surface area contributed by atoms with Gasteiger partial charge in [-0.1, -0.05) is 42.5 Å². The van der Waals surface area contributed by atoms with E-state index in [2.05, 4.69) is 0 Å². The molecule has 0 radical (unpaired) electrons. The van der Waals surface area contributed by atoms with Crippen LogP contribution in [0.4, 0.5) is 0 Å². The van der Waals surface area contributed by atoms with Crippen LogP contribution < -0.4 is 9.47 Å². The van der Waals surface area contributed by atoms with Gasteiger partial charge in [0.2, 0.25) is 5.78 Å². The molecule has 1 unspecified atom stereocenters. The number of aliphatic hydroxyl groups excluding tert-OH is 1. The number of benzene rings is 2. The second kappa shape index (κ2) is 9.28. The predicted octanol–water partition coefficient (Wildman–Crippen LogP) is 4.59. The molecule has 0 saturated carbocycles. The number of nitrogens with zero attached hydrogens (tertiary/aromatic N) is 1. The van der Waals surface area contributed by atoms with Gasteiger partial charge < -0.3 is 19.5 Å². The van der Waals surface area contributed by atoms with Gasteiger partial charge in [-0.3, -0.25) is 9.59 Å². The van der Waals surface area contributed by atoms with Gasteiger partial charge in [0.25, 0.3) is 5.91 Å². The van der Waals surface area contributed by atoms with Gasteiger partial charge in [0.15, 0.2) is 17.3 Å². The van der Waals surface area contributed by atoms with Crippen LogP contribution in [0.25, 0.3) is 0 Å². The molecule has 164 valence electrons. The average molecular weight is 450 g/mol. The Hall–Kier alpha value is -3.58. The minimum atomic E-state index is -0.736. The van der Waals surface area contributed by atoms with Crippen molar-refractivity contribution in [3.8, 4) is 11.5 Å². The number of carbonyl (C=O) groups is 2. The van der Waals surface area contributed by atoms with Gasteiger partial charge in [-0.15, -0.1) is 11.3 Å². The van der Waals surface area contributed by atoms with E-state index in [-0.39, 0.29) is 11.4 Å². The quantitative estimate of drug-likeness (QED) is 0.509. The van der Waals surface area contributed by atoms with Gasteiger partial charge in [-0.05, 0) is 41.1 Å². The van der Waals surface area contributed by atoms with Crippen LogP contribution in [0.2, 0.25) is 0 Å². The molecule has 0 aliphatic carbocycles. The zero-order valence-electron chi connectivity index (χ0n) is 17.8. The summed E-state index contributed by atoms with van der Waals surface area (Å²) in [5.41, 5.74) is 1.80. The topological polar surface area (TPSA) is 76.1 Å². The van der Waals surface area contributed by atoms with Crippen LogP contribution in [0.15, 0.2) is 77.4 Å². The summed E-state index contributed by atoms with van der Waals surface area (Å²) in [6, 6.07) is 17.8. The first kappa shape index (κ1) is 21.6. The third-order valence-corrected chi connectivity index (χ3v) is 6.37. The van der Waals surface area contributed by atoms with E-state index in [1.54, 1.807) is 47.7 Å². The molecule has 0 fully saturated rings. The zero-order chi connectivity index (χ0) is 22.7. The van der Waals surface area contributed by atoms with Gasteiger partial charge in [-0.2, -0.15) is 0 Å². The SMILES string of the molecule is COc1ccc(C2C(C(=O)c3cccs3)=C(O)C(=O)N2CCc2ccccc2)cc1OC.